The Hall–Kier alpha value is -2.66. The molecule has 0 bridgehead atoms. The van der Waals surface area contributed by atoms with Crippen molar-refractivity contribution in [1.82, 2.24) is 0 Å². The summed E-state index contributed by atoms with van der Waals surface area (Å²) < 4.78 is 19.7. The van der Waals surface area contributed by atoms with E-state index in [4.69, 9.17) is 24.3 Å². The smallest absolute Gasteiger partial charge is 0.374 e. The molecule has 2 radical (unpaired) electrons. The van der Waals surface area contributed by atoms with Crippen LogP contribution < -0.4 is 9.55 Å². The molecular formula is C25H24BClFNO2. The van der Waals surface area contributed by atoms with Crippen molar-refractivity contribution in [2.24, 2.45) is 0 Å². The van der Waals surface area contributed by atoms with Crippen LogP contribution in [0.15, 0.2) is 66.7 Å². The second-order valence-corrected chi connectivity index (χ2v) is 8.56. The molecule has 31 heavy (non-hydrogen) atoms. The van der Waals surface area contributed by atoms with Crippen molar-refractivity contribution in [2.75, 3.05) is 11.4 Å². The van der Waals surface area contributed by atoms with Crippen molar-refractivity contribution in [2.45, 2.75) is 37.6 Å². The van der Waals surface area contributed by atoms with Crippen molar-refractivity contribution in [3.63, 3.8) is 0 Å². The van der Waals surface area contributed by atoms with E-state index in [1.807, 2.05) is 30.3 Å². The van der Waals surface area contributed by atoms with Gasteiger partial charge in [-0.1, -0.05) is 54.8 Å². The Morgan fingerprint density at radius 3 is 2.39 bits per heavy atom. The Bertz CT molecular complexity index is 1040. The van der Waals surface area contributed by atoms with Gasteiger partial charge < -0.3 is 14.7 Å². The minimum atomic E-state index is -0.294. The van der Waals surface area contributed by atoms with Gasteiger partial charge in [0.2, 0.25) is 0 Å². The molecule has 3 aromatic rings. The van der Waals surface area contributed by atoms with Crippen LogP contribution in [0.1, 0.15) is 36.8 Å². The fraction of sp³-hybridized carbons (Fsp3) is 0.280. The lowest BCUT2D eigenvalue weighted by Crippen LogP contribution is -2.39. The second-order valence-electron chi connectivity index (χ2n) is 8.19. The summed E-state index contributed by atoms with van der Waals surface area (Å²) >= 11 is 6.39. The Kier molecular flexibility index (Phi) is 6.42. The zero-order valence-corrected chi connectivity index (χ0v) is 18.0. The molecule has 4 rings (SSSR count). The summed E-state index contributed by atoms with van der Waals surface area (Å²) in [5.41, 5.74) is 2.23. The van der Waals surface area contributed by atoms with Crippen LogP contribution in [0.3, 0.4) is 0 Å². The number of anilines is 1. The van der Waals surface area contributed by atoms with E-state index in [0.29, 0.717) is 23.9 Å². The average molecular weight is 436 g/mol. The Morgan fingerprint density at radius 2 is 1.71 bits per heavy atom. The molecule has 1 aliphatic rings. The molecule has 1 N–H and O–H groups in total. The molecule has 1 saturated carbocycles. The first-order valence-corrected chi connectivity index (χ1v) is 10.8. The maximum Gasteiger partial charge on any atom is 0.374 e. The molecule has 0 unspecified atom stereocenters. The maximum atomic E-state index is 14.9. The second kappa shape index (κ2) is 9.23. The van der Waals surface area contributed by atoms with Crippen LogP contribution in [0.25, 0.3) is 0 Å². The molecule has 0 aliphatic heterocycles. The predicted octanol–water partition coefficient (Wildman–Crippen LogP) is 6.17. The first-order chi connectivity index (χ1) is 15.0. The van der Waals surface area contributed by atoms with Crippen molar-refractivity contribution in [3.8, 4) is 11.5 Å². The maximum absolute atomic E-state index is 14.9. The van der Waals surface area contributed by atoms with Gasteiger partial charge in [-0.25, -0.2) is 4.39 Å². The third-order valence-electron chi connectivity index (χ3n) is 6.26. The van der Waals surface area contributed by atoms with Crippen LogP contribution in [0.4, 0.5) is 10.1 Å². The molecule has 3 aromatic carbocycles. The van der Waals surface area contributed by atoms with Crippen molar-refractivity contribution >= 4 is 25.3 Å². The van der Waals surface area contributed by atoms with Crippen molar-refractivity contribution in [1.29, 1.82) is 0 Å². The monoisotopic (exact) mass is 435 g/mol. The number of aromatic hydroxyl groups is 1. The quantitative estimate of drug-likeness (QED) is 0.451. The van der Waals surface area contributed by atoms with Gasteiger partial charge >= 0.3 is 8.05 Å². The summed E-state index contributed by atoms with van der Waals surface area (Å²) in [6, 6.07) is 19.8. The number of rotatable bonds is 7. The van der Waals surface area contributed by atoms with Gasteiger partial charge in [-0.15, -0.1) is 0 Å². The third kappa shape index (κ3) is 4.52. The van der Waals surface area contributed by atoms with E-state index in [-0.39, 0.29) is 17.0 Å². The topological polar surface area (TPSA) is 32.7 Å². The van der Waals surface area contributed by atoms with Gasteiger partial charge in [0.15, 0.2) is 0 Å². The molecular weight excluding hydrogens is 412 g/mol. The highest BCUT2D eigenvalue weighted by Crippen LogP contribution is 2.44. The van der Waals surface area contributed by atoms with Crippen LogP contribution in [-0.2, 0) is 12.0 Å². The lowest BCUT2D eigenvalue weighted by atomic mass is 9.78. The zero-order valence-electron chi connectivity index (χ0n) is 17.2. The van der Waals surface area contributed by atoms with Gasteiger partial charge in [0.25, 0.3) is 0 Å². The number of halogens is 2. The predicted molar refractivity (Wildman–Crippen MR) is 124 cm³/mol. The first kappa shape index (κ1) is 21.6. The molecule has 0 heterocycles. The molecule has 3 nitrogen and oxygen atoms in total. The van der Waals surface area contributed by atoms with E-state index in [1.54, 1.807) is 36.4 Å². The van der Waals surface area contributed by atoms with Gasteiger partial charge in [0, 0.05) is 24.2 Å². The number of hydrogen-bond donors (Lipinski definition) is 1. The van der Waals surface area contributed by atoms with E-state index >= 15 is 0 Å². The summed E-state index contributed by atoms with van der Waals surface area (Å²) in [7, 11) is 5.28. The Morgan fingerprint density at radius 1 is 1.00 bits per heavy atom. The van der Waals surface area contributed by atoms with E-state index in [2.05, 4.69) is 4.90 Å². The fourth-order valence-electron chi connectivity index (χ4n) is 4.69. The highest BCUT2D eigenvalue weighted by molar-refractivity contribution is 6.32. The van der Waals surface area contributed by atoms with Gasteiger partial charge in [0.05, 0.1) is 10.8 Å². The molecule has 0 spiro atoms. The zero-order chi connectivity index (χ0) is 21.8. The summed E-state index contributed by atoms with van der Waals surface area (Å²) in [4.78, 5) is 2.19. The number of benzene rings is 3. The van der Waals surface area contributed by atoms with Gasteiger partial charge in [-0.3, -0.25) is 0 Å². The summed E-state index contributed by atoms with van der Waals surface area (Å²) in [5.74, 6) is 0.450. The average Bonchev–Trinajstić information content (AvgIpc) is 3.26. The van der Waals surface area contributed by atoms with Gasteiger partial charge in [-0.2, -0.15) is 0 Å². The summed E-state index contributed by atoms with van der Waals surface area (Å²) in [6.45, 7) is 1.11. The van der Waals surface area contributed by atoms with E-state index < -0.39 is 0 Å². The lowest BCUT2D eigenvalue weighted by molar-refractivity contribution is 0.411. The molecule has 6 heteroatoms. The van der Waals surface area contributed by atoms with Crippen molar-refractivity contribution in [3.05, 3.63) is 88.7 Å². The number of phenolic OH excluding ortho intramolecular Hbond substituents is 1. The molecule has 1 fully saturated rings. The highest BCUT2D eigenvalue weighted by atomic mass is 35.5. The van der Waals surface area contributed by atoms with Crippen LogP contribution >= 0.6 is 11.6 Å². The summed E-state index contributed by atoms with van der Waals surface area (Å²) in [5, 5.41) is 10.4. The van der Waals surface area contributed by atoms with Gasteiger partial charge in [-0.05, 0) is 60.4 Å². The SMILES string of the molecule is [B]Oc1ccc(N(Cc2cccc(O)c2Cl)CC2(c3ccccc3F)CCCC2)cc1. The van der Waals surface area contributed by atoms with E-state index in [9.17, 15) is 9.50 Å². The number of hydrogen-bond acceptors (Lipinski definition) is 3. The third-order valence-corrected chi connectivity index (χ3v) is 6.69. The number of nitrogens with zero attached hydrogens (tertiary/aromatic N) is 1. The lowest BCUT2D eigenvalue weighted by Gasteiger charge is -2.37. The molecule has 0 amide bonds. The van der Waals surface area contributed by atoms with Crippen molar-refractivity contribution < 1.29 is 14.2 Å². The van der Waals surface area contributed by atoms with E-state index in [1.165, 1.54) is 0 Å². The van der Waals surface area contributed by atoms with Crippen LogP contribution in [0.2, 0.25) is 5.02 Å². The van der Waals surface area contributed by atoms with Crippen LogP contribution in [0, 0.1) is 5.82 Å². The Balaban J connectivity index is 1.74. The normalized spacial score (nSPS) is 15.0. The van der Waals surface area contributed by atoms with E-state index in [0.717, 1.165) is 42.5 Å². The molecule has 0 atom stereocenters. The highest BCUT2D eigenvalue weighted by Gasteiger charge is 2.39. The standard InChI is InChI=1S/C25H24BClFNO2/c26-31-20-12-10-19(11-13-20)29(16-18-6-5-9-23(30)24(18)27)17-25(14-3-4-15-25)21-7-1-2-8-22(21)28/h1-2,5-13,30H,3-4,14-17H2. The largest absolute Gasteiger partial charge is 0.568 e. The van der Waals surface area contributed by atoms with Gasteiger partial charge in [0.1, 0.15) is 11.6 Å². The minimum Gasteiger partial charge on any atom is -0.568 e. The number of phenols is 1. The first-order valence-electron chi connectivity index (χ1n) is 10.5. The molecule has 1 aliphatic carbocycles. The van der Waals surface area contributed by atoms with Crippen LogP contribution in [-0.4, -0.2) is 19.7 Å². The molecule has 0 saturated heterocycles. The Labute approximate surface area is 188 Å². The fourth-order valence-corrected chi connectivity index (χ4v) is 4.87. The summed E-state index contributed by atoms with van der Waals surface area (Å²) in [6.07, 6.45) is 3.97. The van der Waals surface area contributed by atoms with Crippen LogP contribution in [0.5, 0.6) is 11.5 Å². The molecule has 158 valence electrons. The molecule has 0 aromatic heterocycles. The minimum absolute atomic E-state index is 0.0516.